The second-order valence-electron chi connectivity index (χ2n) is 5.82. The van der Waals surface area contributed by atoms with Gasteiger partial charge in [0.15, 0.2) is 0 Å². The SMILES string of the molecule is Cn1cc(CCNC(=O)N[C@H]2CCCc3ccccc32)cn1. The van der Waals surface area contributed by atoms with E-state index in [1.54, 1.807) is 4.68 Å². The Morgan fingerprint density at radius 3 is 3.09 bits per heavy atom. The molecule has 5 nitrogen and oxygen atoms in total. The van der Waals surface area contributed by atoms with Gasteiger partial charge in [-0.1, -0.05) is 24.3 Å². The number of carbonyl (C=O) groups is 1. The van der Waals surface area contributed by atoms with Crippen molar-refractivity contribution in [1.29, 1.82) is 0 Å². The van der Waals surface area contributed by atoms with Gasteiger partial charge in [0.25, 0.3) is 0 Å². The highest BCUT2D eigenvalue weighted by Gasteiger charge is 2.20. The van der Waals surface area contributed by atoms with Crippen LogP contribution in [0.5, 0.6) is 0 Å². The van der Waals surface area contributed by atoms with Crippen LogP contribution in [0.25, 0.3) is 0 Å². The van der Waals surface area contributed by atoms with E-state index in [4.69, 9.17) is 0 Å². The molecule has 1 heterocycles. The number of nitrogens with one attached hydrogen (secondary N) is 2. The highest BCUT2D eigenvalue weighted by molar-refractivity contribution is 5.74. The van der Waals surface area contributed by atoms with E-state index in [2.05, 4.69) is 33.9 Å². The molecule has 0 saturated carbocycles. The van der Waals surface area contributed by atoms with Crippen LogP contribution in [0.2, 0.25) is 0 Å². The van der Waals surface area contributed by atoms with Gasteiger partial charge in [-0.2, -0.15) is 5.10 Å². The Bertz CT molecular complexity index is 650. The van der Waals surface area contributed by atoms with Crippen LogP contribution in [0.4, 0.5) is 4.79 Å². The van der Waals surface area contributed by atoms with Crippen LogP contribution >= 0.6 is 0 Å². The Morgan fingerprint density at radius 1 is 1.41 bits per heavy atom. The van der Waals surface area contributed by atoms with Crippen molar-refractivity contribution in [3.63, 3.8) is 0 Å². The number of nitrogens with zero attached hydrogens (tertiary/aromatic N) is 2. The van der Waals surface area contributed by atoms with Crippen molar-refractivity contribution in [2.24, 2.45) is 7.05 Å². The minimum absolute atomic E-state index is 0.0920. The first-order chi connectivity index (χ1) is 10.7. The molecule has 0 saturated heterocycles. The van der Waals surface area contributed by atoms with Crippen LogP contribution in [0.1, 0.15) is 35.6 Å². The summed E-state index contributed by atoms with van der Waals surface area (Å²) in [6, 6.07) is 8.42. The monoisotopic (exact) mass is 298 g/mol. The van der Waals surface area contributed by atoms with E-state index in [0.717, 1.165) is 31.2 Å². The first-order valence-electron chi connectivity index (χ1n) is 7.82. The zero-order valence-corrected chi connectivity index (χ0v) is 12.9. The first kappa shape index (κ1) is 14.6. The fourth-order valence-electron chi connectivity index (χ4n) is 3.03. The second kappa shape index (κ2) is 6.64. The lowest BCUT2D eigenvalue weighted by Crippen LogP contribution is -2.39. The van der Waals surface area contributed by atoms with Gasteiger partial charge < -0.3 is 10.6 Å². The number of hydrogen-bond acceptors (Lipinski definition) is 2. The number of aromatic nitrogens is 2. The number of amides is 2. The summed E-state index contributed by atoms with van der Waals surface area (Å²) in [5.41, 5.74) is 3.75. The Morgan fingerprint density at radius 2 is 2.27 bits per heavy atom. The van der Waals surface area contributed by atoms with E-state index >= 15 is 0 Å². The molecule has 2 amide bonds. The summed E-state index contributed by atoms with van der Waals surface area (Å²) in [7, 11) is 1.89. The van der Waals surface area contributed by atoms with Crippen molar-refractivity contribution in [3.05, 3.63) is 53.3 Å². The molecule has 0 radical (unpaired) electrons. The molecule has 2 aromatic rings. The van der Waals surface area contributed by atoms with Gasteiger partial charge in [-0.15, -0.1) is 0 Å². The maximum Gasteiger partial charge on any atom is 0.315 e. The van der Waals surface area contributed by atoms with Crippen molar-refractivity contribution in [3.8, 4) is 0 Å². The van der Waals surface area contributed by atoms with Crippen LogP contribution in [-0.2, 0) is 19.9 Å². The summed E-state index contributed by atoms with van der Waals surface area (Å²) in [5.74, 6) is 0. The highest BCUT2D eigenvalue weighted by Crippen LogP contribution is 2.29. The highest BCUT2D eigenvalue weighted by atomic mass is 16.2. The lowest BCUT2D eigenvalue weighted by Gasteiger charge is -2.26. The Hall–Kier alpha value is -2.30. The molecule has 0 fully saturated rings. The largest absolute Gasteiger partial charge is 0.338 e. The van der Waals surface area contributed by atoms with Crippen molar-refractivity contribution in [2.45, 2.75) is 31.7 Å². The molecule has 3 rings (SSSR count). The topological polar surface area (TPSA) is 59.0 Å². The van der Waals surface area contributed by atoms with E-state index in [-0.39, 0.29) is 12.1 Å². The molecule has 5 heteroatoms. The number of urea groups is 1. The molecule has 1 aliphatic carbocycles. The summed E-state index contributed by atoms with van der Waals surface area (Å²) in [4.78, 5) is 12.1. The van der Waals surface area contributed by atoms with Gasteiger partial charge in [0.05, 0.1) is 12.2 Å². The smallest absolute Gasteiger partial charge is 0.315 e. The van der Waals surface area contributed by atoms with Crippen LogP contribution in [0, 0.1) is 0 Å². The zero-order valence-electron chi connectivity index (χ0n) is 12.9. The quantitative estimate of drug-likeness (QED) is 0.910. The number of benzene rings is 1. The third kappa shape index (κ3) is 3.47. The Kier molecular flexibility index (Phi) is 4.42. The van der Waals surface area contributed by atoms with E-state index in [1.165, 1.54) is 11.1 Å². The molecule has 116 valence electrons. The second-order valence-corrected chi connectivity index (χ2v) is 5.82. The summed E-state index contributed by atoms with van der Waals surface area (Å²) >= 11 is 0. The summed E-state index contributed by atoms with van der Waals surface area (Å²) in [5, 5.41) is 10.1. The van der Waals surface area contributed by atoms with Gasteiger partial charge in [-0.3, -0.25) is 4.68 Å². The third-order valence-electron chi connectivity index (χ3n) is 4.13. The molecule has 22 heavy (non-hydrogen) atoms. The maximum atomic E-state index is 12.1. The van der Waals surface area contributed by atoms with E-state index in [0.29, 0.717) is 6.54 Å². The van der Waals surface area contributed by atoms with Gasteiger partial charge in [-0.05, 0) is 42.4 Å². The molecular formula is C17H22N4O. The zero-order chi connectivity index (χ0) is 15.4. The van der Waals surface area contributed by atoms with E-state index < -0.39 is 0 Å². The number of hydrogen-bond donors (Lipinski definition) is 2. The molecule has 1 atom stereocenters. The van der Waals surface area contributed by atoms with Crippen LogP contribution in [-0.4, -0.2) is 22.4 Å². The molecule has 0 spiro atoms. The van der Waals surface area contributed by atoms with Crippen molar-refractivity contribution in [2.75, 3.05) is 6.54 Å². The molecule has 2 N–H and O–H groups in total. The lowest BCUT2D eigenvalue weighted by molar-refractivity contribution is 0.235. The summed E-state index contributed by atoms with van der Waals surface area (Å²) in [6.07, 6.45) is 7.83. The van der Waals surface area contributed by atoms with Crippen molar-refractivity contribution < 1.29 is 4.79 Å². The van der Waals surface area contributed by atoms with Gasteiger partial charge >= 0.3 is 6.03 Å². The average molecular weight is 298 g/mol. The van der Waals surface area contributed by atoms with Crippen molar-refractivity contribution in [1.82, 2.24) is 20.4 Å². The normalized spacial score (nSPS) is 16.9. The van der Waals surface area contributed by atoms with E-state index in [9.17, 15) is 4.79 Å². The number of carbonyl (C=O) groups excluding carboxylic acids is 1. The maximum absolute atomic E-state index is 12.1. The molecule has 1 aromatic carbocycles. The van der Waals surface area contributed by atoms with E-state index in [1.807, 2.05) is 25.5 Å². The fraction of sp³-hybridized carbons (Fsp3) is 0.412. The standard InChI is InChI=1S/C17H22N4O/c1-21-12-13(11-19-21)9-10-18-17(22)20-16-8-4-6-14-5-2-3-7-15(14)16/h2-3,5,7,11-12,16H,4,6,8-10H2,1H3,(H2,18,20,22)/t16-/m0/s1. The predicted molar refractivity (Wildman–Crippen MR) is 85.6 cm³/mol. The molecule has 0 bridgehead atoms. The van der Waals surface area contributed by atoms with Crippen LogP contribution in [0.15, 0.2) is 36.7 Å². The lowest BCUT2D eigenvalue weighted by atomic mass is 9.88. The minimum atomic E-state index is -0.0920. The van der Waals surface area contributed by atoms with Crippen molar-refractivity contribution >= 4 is 6.03 Å². The fourth-order valence-corrected chi connectivity index (χ4v) is 3.03. The van der Waals surface area contributed by atoms with Crippen LogP contribution < -0.4 is 10.6 Å². The molecule has 0 unspecified atom stereocenters. The third-order valence-corrected chi connectivity index (χ3v) is 4.13. The van der Waals surface area contributed by atoms with Gasteiger partial charge in [0.1, 0.15) is 0 Å². The summed E-state index contributed by atoms with van der Waals surface area (Å²) in [6.45, 7) is 0.617. The molecular weight excluding hydrogens is 276 g/mol. The number of aryl methyl sites for hydroxylation is 2. The molecule has 1 aromatic heterocycles. The van der Waals surface area contributed by atoms with Gasteiger partial charge in [-0.25, -0.2) is 4.79 Å². The molecule has 0 aliphatic heterocycles. The predicted octanol–water partition coefficient (Wildman–Crippen LogP) is 2.34. The summed E-state index contributed by atoms with van der Waals surface area (Å²) < 4.78 is 1.77. The van der Waals surface area contributed by atoms with Gasteiger partial charge in [0.2, 0.25) is 0 Å². The van der Waals surface area contributed by atoms with Gasteiger partial charge in [0, 0.05) is 19.8 Å². The number of fused-ring (bicyclic) bond motifs is 1. The van der Waals surface area contributed by atoms with Crippen LogP contribution in [0.3, 0.4) is 0 Å². The first-order valence-corrected chi connectivity index (χ1v) is 7.82. The Balaban J connectivity index is 1.50. The number of rotatable bonds is 4. The minimum Gasteiger partial charge on any atom is -0.338 e. The Labute approximate surface area is 130 Å². The molecule has 1 aliphatic rings. The average Bonchev–Trinajstić information content (AvgIpc) is 2.93.